The van der Waals surface area contributed by atoms with E-state index in [0.29, 0.717) is 60.5 Å². The fourth-order valence-corrected chi connectivity index (χ4v) is 6.02. The maximum atomic E-state index is 15.7. The van der Waals surface area contributed by atoms with Crippen LogP contribution in [0.3, 0.4) is 0 Å². The molecule has 3 aromatic heterocycles. The number of fused-ring (bicyclic) bond motifs is 20. The summed E-state index contributed by atoms with van der Waals surface area (Å²) in [5.41, 5.74) is 5.39. The Morgan fingerprint density at radius 3 is 1.36 bits per heavy atom. The van der Waals surface area contributed by atoms with Crippen molar-refractivity contribution in [1.82, 2.24) is 39.9 Å². The molecule has 0 saturated heterocycles. The molecule has 0 unspecified atom stereocenters. The van der Waals surface area contributed by atoms with E-state index in [1.165, 1.54) is 0 Å². The average molecular weight is 579 g/mol. The third kappa shape index (κ3) is 3.38. The van der Waals surface area contributed by atoms with Crippen molar-refractivity contribution in [2.45, 2.75) is 0 Å². The van der Waals surface area contributed by atoms with E-state index in [1.54, 1.807) is 26.5 Å². The first-order valence-electron chi connectivity index (χ1n) is 13.3. The number of nitrogens with zero attached hydrogens (tertiary/aromatic N) is 6. The minimum absolute atomic E-state index is 0.334. The Balaban J connectivity index is 1.52. The van der Waals surface area contributed by atoms with E-state index in [1.807, 2.05) is 78.9 Å². The molecule has 0 saturated carbocycles. The van der Waals surface area contributed by atoms with Crippen molar-refractivity contribution in [1.29, 1.82) is 0 Å². The van der Waals surface area contributed by atoms with Crippen LogP contribution in [0.5, 0.6) is 0 Å². The van der Waals surface area contributed by atoms with Gasteiger partial charge in [-0.05, 0) is 0 Å². The molecular formula is C32H16FN8Ti. The Labute approximate surface area is 248 Å². The Bertz CT molecular complexity index is 2460. The molecule has 2 N–H and O–H groups in total. The van der Waals surface area contributed by atoms with Gasteiger partial charge in [-0.2, -0.15) is 0 Å². The molecule has 2 aliphatic heterocycles. The van der Waals surface area contributed by atoms with Crippen LogP contribution in [0.2, 0.25) is 0 Å². The molecule has 2 aliphatic rings. The summed E-state index contributed by atoms with van der Waals surface area (Å²) in [6, 6.07) is 27.2. The molecule has 9 rings (SSSR count). The fraction of sp³-hybridized carbons (Fsp3) is 0. The van der Waals surface area contributed by atoms with Crippen molar-refractivity contribution in [2.75, 3.05) is 0 Å². The van der Waals surface area contributed by atoms with E-state index in [9.17, 15) is 0 Å². The van der Waals surface area contributed by atoms with Gasteiger partial charge in [0, 0.05) is 0 Å². The van der Waals surface area contributed by atoms with Crippen LogP contribution in [0.1, 0.15) is 0 Å². The summed E-state index contributed by atoms with van der Waals surface area (Å²) < 4.78 is 16.2. The van der Waals surface area contributed by atoms with Crippen LogP contribution in [0.25, 0.3) is 89.7 Å². The molecule has 8 bridgehead atoms. The second kappa shape index (κ2) is 8.69. The Hall–Kier alpha value is -5.12. The van der Waals surface area contributed by atoms with Gasteiger partial charge >= 0.3 is 231 Å². The second-order valence-electron chi connectivity index (χ2n) is 10.1. The number of halogens is 1. The van der Waals surface area contributed by atoms with Crippen molar-refractivity contribution >= 4 is 48.0 Å². The summed E-state index contributed by atoms with van der Waals surface area (Å²) >= 11 is 1.74. The number of hydrogen-bond acceptors (Lipinski definition) is 6. The molecule has 0 radical (unpaired) electrons. The van der Waals surface area contributed by atoms with Crippen molar-refractivity contribution in [3.8, 4) is 45.6 Å². The first kappa shape index (κ1) is 23.6. The Morgan fingerprint density at radius 2 is 0.857 bits per heavy atom. The summed E-state index contributed by atoms with van der Waals surface area (Å²) in [6.45, 7) is 0. The molecule has 0 spiro atoms. The van der Waals surface area contributed by atoms with Gasteiger partial charge in [0.05, 0.1) is 0 Å². The monoisotopic (exact) mass is 579 g/mol. The van der Waals surface area contributed by atoms with Crippen LogP contribution in [0.4, 0.5) is 4.39 Å². The van der Waals surface area contributed by atoms with Gasteiger partial charge in [-0.1, -0.05) is 18.2 Å². The average Bonchev–Trinajstić information content (AvgIpc) is 3.74. The molecule has 7 aromatic rings. The molecule has 0 amide bonds. The third-order valence-corrected chi connectivity index (χ3v) is 8.26. The molecule has 195 valence electrons. The molecule has 4 aromatic carbocycles. The Morgan fingerprint density at radius 1 is 0.452 bits per heavy atom. The summed E-state index contributed by atoms with van der Waals surface area (Å²) in [5, 5.41) is 2.78. The van der Waals surface area contributed by atoms with Crippen LogP contribution in [0.15, 0.2) is 84.9 Å². The van der Waals surface area contributed by atoms with E-state index < -0.39 is 0 Å². The number of rotatable bonds is 0. The van der Waals surface area contributed by atoms with Crippen molar-refractivity contribution in [3.05, 3.63) is 90.7 Å². The molecule has 0 fully saturated rings. The van der Waals surface area contributed by atoms with E-state index in [4.69, 9.17) is 29.9 Å². The summed E-state index contributed by atoms with van der Waals surface area (Å²) in [7, 11) is 0. The van der Waals surface area contributed by atoms with Gasteiger partial charge in [0.25, 0.3) is 0 Å². The number of benzene rings is 4. The number of hydrogen-bond donors (Lipinski definition) is 2. The van der Waals surface area contributed by atoms with E-state index in [-0.39, 0.29) is 5.82 Å². The SMILES string of the molecule is Fc1[c]([Ti])ccc2c3nc4nc(nc5[nH]c(nc6nc(nc([nH]3)c12)-c1ccccc1-6)c1ccccc51)-c1ccccc1-4. The zero-order valence-corrected chi connectivity index (χ0v) is 23.2. The van der Waals surface area contributed by atoms with Crippen LogP contribution < -0.4 is 3.87 Å². The zero-order valence-electron chi connectivity index (χ0n) is 21.6. The normalized spacial score (nSPS) is 12.0. The van der Waals surface area contributed by atoms with E-state index in [2.05, 4.69) is 9.97 Å². The quantitative estimate of drug-likeness (QED) is 0.208. The predicted octanol–water partition coefficient (Wildman–Crippen LogP) is 6.18. The summed E-state index contributed by atoms with van der Waals surface area (Å²) in [4.78, 5) is 36.1. The van der Waals surface area contributed by atoms with Gasteiger partial charge in [0.15, 0.2) is 0 Å². The molecule has 8 nitrogen and oxygen atoms in total. The van der Waals surface area contributed by atoms with Gasteiger partial charge in [-0.25, -0.2) is 0 Å². The second-order valence-corrected chi connectivity index (χ2v) is 10.9. The first-order valence-corrected chi connectivity index (χ1v) is 14.0. The summed E-state index contributed by atoms with van der Waals surface area (Å²) in [6.07, 6.45) is 0. The first-order chi connectivity index (χ1) is 20.6. The fourth-order valence-electron chi connectivity index (χ4n) is 5.69. The van der Waals surface area contributed by atoms with Crippen molar-refractivity contribution in [2.24, 2.45) is 0 Å². The molecule has 0 atom stereocenters. The maximum absolute atomic E-state index is 15.7. The van der Waals surface area contributed by atoms with Crippen LogP contribution in [-0.2, 0) is 20.4 Å². The predicted molar refractivity (Wildman–Crippen MR) is 156 cm³/mol. The molecule has 5 heterocycles. The van der Waals surface area contributed by atoms with Gasteiger partial charge in [-0.3, -0.25) is 0 Å². The van der Waals surface area contributed by atoms with Crippen molar-refractivity contribution < 1.29 is 24.8 Å². The number of aromatic nitrogens is 8. The van der Waals surface area contributed by atoms with Crippen LogP contribution in [0, 0.1) is 5.82 Å². The third-order valence-electron chi connectivity index (χ3n) is 7.66. The Kier molecular flexibility index (Phi) is 4.88. The van der Waals surface area contributed by atoms with Crippen LogP contribution in [-0.4, -0.2) is 39.9 Å². The minimum atomic E-state index is -0.358. The zero-order chi connectivity index (χ0) is 27.9. The van der Waals surface area contributed by atoms with E-state index >= 15 is 4.39 Å². The number of aromatic amines is 2. The van der Waals surface area contributed by atoms with Gasteiger partial charge in [-0.15, -0.1) is 0 Å². The molecule has 42 heavy (non-hydrogen) atoms. The van der Waals surface area contributed by atoms with E-state index in [0.717, 1.165) is 33.0 Å². The molecular weight excluding hydrogens is 563 g/mol. The van der Waals surface area contributed by atoms with Gasteiger partial charge < -0.3 is 0 Å². The molecule has 0 aliphatic carbocycles. The number of H-pyrrole nitrogens is 2. The van der Waals surface area contributed by atoms with Crippen LogP contribution >= 0.6 is 0 Å². The standard InChI is InChI=1S/C32H16FN8.Ti/c33-23-15-7-14-22-24(23)32-40-30-21-13-6-5-12-20(21)28(38-30)36-26-17-9-2-1-8-16(17)25(34-26)35-27-18-10-3-4-11-19(18)29(37-27)39-31(22)41-32;/h1-14H,(H2,34,35,36,37,38,39,40,41);. The number of nitrogens with one attached hydrogen (secondary N) is 2. The van der Waals surface area contributed by atoms with Gasteiger partial charge in [0.2, 0.25) is 0 Å². The van der Waals surface area contributed by atoms with Gasteiger partial charge in [0.1, 0.15) is 0 Å². The van der Waals surface area contributed by atoms with Crippen molar-refractivity contribution in [3.63, 3.8) is 0 Å². The molecule has 10 heteroatoms. The topological polar surface area (TPSA) is 109 Å². The summed E-state index contributed by atoms with van der Waals surface area (Å²) in [5.74, 6) is 1.59.